The molecule has 2 heterocycles. The Morgan fingerprint density at radius 3 is 2.25 bits per heavy atom. The second-order valence-corrected chi connectivity index (χ2v) is 7.33. The van der Waals surface area contributed by atoms with E-state index in [4.69, 9.17) is 0 Å². The smallest absolute Gasteiger partial charge is 0.295 e. The second-order valence-electron chi connectivity index (χ2n) is 7.33. The topological polar surface area (TPSA) is 90.7 Å². The van der Waals surface area contributed by atoms with Crippen molar-refractivity contribution in [2.75, 3.05) is 0 Å². The van der Waals surface area contributed by atoms with E-state index >= 15 is 0 Å². The maximum Gasteiger partial charge on any atom is 0.295 e. The number of aliphatic hydroxyl groups is 1. The lowest BCUT2D eigenvalue weighted by molar-refractivity contribution is -0.141. The minimum atomic E-state index is -0.670. The van der Waals surface area contributed by atoms with Crippen LogP contribution in [0.2, 0.25) is 0 Å². The van der Waals surface area contributed by atoms with Gasteiger partial charge >= 0.3 is 0 Å². The number of hydrogen-bond donors (Lipinski definition) is 2. The van der Waals surface area contributed by atoms with Crippen molar-refractivity contribution in [2.45, 2.75) is 44.2 Å². The number of amides is 1. The van der Waals surface area contributed by atoms with Crippen LogP contribution >= 0.6 is 0 Å². The fraction of sp³-hybridized carbons (Fsp3) is 0.318. The first-order valence-corrected chi connectivity index (χ1v) is 9.57. The van der Waals surface area contributed by atoms with Crippen LogP contribution in [0.15, 0.2) is 54.4 Å². The summed E-state index contributed by atoms with van der Waals surface area (Å²) in [6.45, 7) is 0. The Balaban J connectivity index is 1.86. The summed E-state index contributed by atoms with van der Waals surface area (Å²) in [6, 6.07) is 8.96. The van der Waals surface area contributed by atoms with Crippen molar-refractivity contribution < 1.29 is 19.8 Å². The summed E-state index contributed by atoms with van der Waals surface area (Å²) in [5, 5.41) is 20.6. The molecule has 2 aromatic rings. The standard InChI is InChI=1S/C22H22N2O4/c25-17-8-6-14(7-9-17)19-18(20(26)15-10-12-23-13-11-15)21(27)22(28)24(19)16-4-2-1-3-5-16/h6-13,16,19,25-26H,1-5H2/b20-18-. The third kappa shape index (κ3) is 3.15. The number of pyridine rings is 1. The summed E-state index contributed by atoms with van der Waals surface area (Å²) in [4.78, 5) is 31.5. The van der Waals surface area contributed by atoms with E-state index in [-0.39, 0.29) is 23.1 Å². The summed E-state index contributed by atoms with van der Waals surface area (Å²) in [5.41, 5.74) is 1.23. The van der Waals surface area contributed by atoms with Crippen molar-refractivity contribution in [3.8, 4) is 5.75 Å². The molecule has 6 nitrogen and oxygen atoms in total. The molecule has 1 amide bonds. The zero-order chi connectivity index (χ0) is 19.7. The summed E-state index contributed by atoms with van der Waals surface area (Å²) in [6.07, 6.45) is 7.90. The first kappa shape index (κ1) is 18.2. The molecule has 0 radical (unpaired) electrons. The third-order valence-electron chi connectivity index (χ3n) is 5.61. The van der Waals surface area contributed by atoms with Crippen molar-refractivity contribution in [1.82, 2.24) is 9.88 Å². The third-order valence-corrected chi connectivity index (χ3v) is 5.61. The van der Waals surface area contributed by atoms with Gasteiger partial charge in [-0.2, -0.15) is 0 Å². The first-order valence-electron chi connectivity index (χ1n) is 9.57. The molecule has 1 unspecified atom stereocenters. The van der Waals surface area contributed by atoms with Crippen LogP contribution in [0.4, 0.5) is 0 Å². The number of aromatic hydroxyl groups is 1. The van der Waals surface area contributed by atoms with Gasteiger partial charge in [-0.25, -0.2) is 0 Å². The summed E-state index contributed by atoms with van der Waals surface area (Å²) >= 11 is 0. The molecule has 28 heavy (non-hydrogen) atoms. The van der Waals surface area contributed by atoms with E-state index in [1.807, 2.05) is 0 Å². The second kappa shape index (κ2) is 7.46. The van der Waals surface area contributed by atoms with E-state index in [2.05, 4.69) is 4.98 Å². The van der Waals surface area contributed by atoms with Gasteiger partial charge in [-0.15, -0.1) is 0 Å². The molecule has 1 saturated carbocycles. The molecule has 2 aliphatic rings. The van der Waals surface area contributed by atoms with Crippen molar-refractivity contribution in [3.63, 3.8) is 0 Å². The highest BCUT2D eigenvalue weighted by Crippen LogP contribution is 2.43. The summed E-state index contributed by atoms with van der Waals surface area (Å²) in [7, 11) is 0. The van der Waals surface area contributed by atoms with Crippen LogP contribution in [0, 0.1) is 0 Å². The van der Waals surface area contributed by atoms with Gasteiger partial charge in [-0.3, -0.25) is 14.6 Å². The molecule has 1 aromatic carbocycles. The lowest BCUT2D eigenvalue weighted by Crippen LogP contribution is -2.40. The van der Waals surface area contributed by atoms with E-state index in [0.29, 0.717) is 11.1 Å². The normalized spacial score (nSPS) is 22.6. The summed E-state index contributed by atoms with van der Waals surface area (Å²) in [5.74, 6) is -1.33. The molecule has 1 aromatic heterocycles. The molecule has 0 spiro atoms. The summed E-state index contributed by atoms with van der Waals surface area (Å²) < 4.78 is 0. The monoisotopic (exact) mass is 378 g/mol. The molecule has 0 bridgehead atoms. The molecule has 2 N–H and O–H groups in total. The van der Waals surface area contributed by atoms with Crippen LogP contribution in [0.1, 0.15) is 49.3 Å². The zero-order valence-electron chi connectivity index (χ0n) is 15.4. The van der Waals surface area contributed by atoms with Gasteiger partial charge in [-0.1, -0.05) is 31.4 Å². The van der Waals surface area contributed by atoms with Gasteiger partial charge in [-0.05, 0) is 42.7 Å². The van der Waals surface area contributed by atoms with Gasteiger partial charge in [0.25, 0.3) is 11.7 Å². The molecular weight excluding hydrogens is 356 g/mol. The number of benzene rings is 1. The SMILES string of the molecule is O=C1C(=O)N(C2CCCCC2)C(c2ccc(O)cc2)/C1=C(/O)c1ccncc1. The highest BCUT2D eigenvalue weighted by molar-refractivity contribution is 6.46. The number of phenolic OH excluding ortho intramolecular Hbond substituents is 1. The number of aromatic nitrogens is 1. The van der Waals surface area contributed by atoms with Gasteiger partial charge in [0.15, 0.2) is 0 Å². The predicted octanol–water partition coefficient (Wildman–Crippen LogP) is 3.54. The molecule has 144 valence electrons. The number of nitrogens with zero attached hydrogens (tertiary/aromatic N) is 2. The van der Waals surface area contributed by atoms with Crippen LogP contribution in [-0.2, 0) is 9.59 Å². The van der Waals surface area contributed by atoms with Crippen molar-refractivity contribution in [3.05, 3.63) is 65.5 Å². The molecule has 4 rings (SSSR count). The van der Waals surface area contributed by atoms with Crippen molar-refractivity contribution >= 4 is 17.4 Å². The Morgan fingerprint density at radius 1 is 0.964 bits per heavy atom. The number of likely N-dealkylation sites (tertiary alicyclic amines) is 1. The lowest BCUT2D eigenvalue weighted by atomic mass is 9.91. The van der Waals surface area contributed by atoms with Crippen molar-refractivity contribution in [2.24, 2.45) is 0 Å². The number of ketones is 1. The Morgan fingerprint density at radius 2 is 1.61 bits per heavy atom. The predicted molar refractivity (Wildman–Crippen MR) is 103 cm³/mol. The number of aliphatic hydroxyl groups excluding tert-OH is 1. The molecule has 1 aliphatic heterocycles. The molecular formula is C22H22N2O4. The highest BCUT2D eigenvalue weighted by atomic mass is 16.3. The molecule has 6 heteroatoms. The van der Waals surface area contributed by atoms with E-state index in [0.717, 1.165) is 32.1 Å². The fourth-order valence-electron chi connectivity index (χ4n) is 4.24. The lowest BCUT2D eigenvalue weighted by Gasteiger charge is -2.35. The van der Waals surface area contributed by atoms with Crippen molar-refractivity contribution in [1.29, 1.82) is 0 Å². The number of rotatable bonds is 3. The maximum atomic E-state index is 13.0. The molecule has 1 aliphatic carbocycles. The van der Waals surface area contributed by atoms with Crippen LogP contribution in [-0.4, -0.2) is 37.8 Å². The number of phenols is 1. The first-order chi connectivity index (χ1) is 13.6. The minimum Gasteiger partial charge on any atom is -0.508 e. The van der Waals surface area contributed by atoms with Crippen LogP contribution in [0.5, 0.6) is 5.75 Å². The van der Waals surface area contributed by atoms with Crippen LogP contribution in [0.3, 0.4) is 0 Å². The minimum absolute atomic E-state index is 0.0354. The van der Waals surface area contributed by atoms with Gasteiger partial charge in [0.05, 0.1) is 11.6 Å². The quantitative estimate of drug-likeness (QED) is 0.484. The zero-order valence-corrected chi connectivity index (χ0v) is 15.4. The Kier molecular flexibility index (Phi) is 4.86. The van der Waals surface area contributed by atoms with E-state index in [1.165, 1.54) is 24.5 Å². The fourth-order valence-corrected chi connectivity index (χ4v) is 4.24. The van der Waals surface area contributed by atoms with E-state index < -0.39 is 17.7 Å². The van der Waals surface area contributed by atoms with Crippen LogP contribution < -0.4 is 0 Å². The van der Waals surface area contributed by atoms with Crippen LogP contribution in [0.25, 0.3) is 5.76 Å². The van der Waals surface area contributed by atoms with Gasteiger partial charge in [0.1, 0.15) is 11.5 Å². The average molecular weight is 378 g/mol. The Bertz CT molecular complexity index is 915. The Hall–Kier alpha value is -3.15. The van der Waals surface area contributed by atoms with Gasteiger partial charge < -0.3 is 15.1 Å². The Labute approximate surface area is 163 Å². The number of hydrogen-bond acceptors (Lipinski definition) is 5. The maximum absolute atomic E-state index is 13.0. The average Bonchev–Trinajstić information content (AvgIpc) is 3.00. The number of carbonyl (C=O) groups excluding carboxylic acids is 2. The number of Topliss-reactive ketones (excluding diaryl/α,β-unsaturated/α-hetero) is 1. The van der Waals surface area contributed by atoms with E-state index in [1.54, 1.807) is 29.2 Å². The molecule has 2 fully saturated rings. The number of carbonyl (C=O) groups is 2. The van der Waals surface area contributed by atoms with Gasteiger partial charge in [0.2, 0.25) is 0 Å². The van der Waals surface area contributed by atoms with E-state index in [9.17, 15) is 19.8 Å². The highest BCUT2D eigenvalue weighted by Gasteiger charge is 2.48. The largest absolute Gasteiger partial charge is 0.508 e. The molecule has 1 atom stereocenters. The van der Waals surface area contributed by atoms with Gasteiger partial charge in [0, 0.05) is 24.0 Å². The molecule has 1 saturated heterocycles.